The summed E-state index contributed by atoms with van der Waals surface area (Å²) in [6.45, 7) is 11.2. The van der Waals surface area contributed by atoms with E-state index >= 15 is 0 Å². The van der Waals surface area contributed by atoms with Gasteiger partial charge in [0.15, 0.2) is 0 Å². The molecule has 0 unspecified atom stereocenters. The highest BCUT2D eigenvalue weighted by Crippen LogP contribution is 2.21. The topological polar surface area (TPSA) is 65.0 Å². The Balaban J connectivity index is 1.33. The van der Waals surface area contributed by atoms with E-state index in [-0.39, 0.29) is 0 Å². The van der Waals surface area contributed by atoms with Gasteiger partial charge >= 0.3 is 0 Å². The van der Waals surface area contributed by atoms with Crippen LogP contribution in [0.1, 0.15) is 25.1 Å². The van der Waals surface area contributed by atoms with E-state index in [9.17, 15) is 4.79 Å². The second kappa shape index (κ2) is 9.05. The molecule has 3 fully saturated rings. The normalized spacial score (nSPS) is 21.8. The Morgan fingerprint density at radius 3 is 2.14 bits per heavy atom. The average Bonchev–Trinajstić information content (AvgIpc) is 2.75. The van der Waals surface area contributed by atoms with Crippen LogP contribution in [0.15, 0.2) is 6.07 Å². The van der Waals surface area contributed by atoms with Crippen LogP contribution in [0, 0.1) is 6.92 Å². The number of hydrogen-bond donors (Lipinski definition) is 0. The number of carbonyl (C=O) groups excluding carboxylic acids is 1. The average molecular weight is 389 g/mol. The molecule has 28 heavy (non-hydrogen) atoms. The lowest BCUT2D eigenvalue weighted by atomic mass is 10.1. The van der Waals surface area contributed by atoms with E-state index in [0.29, 0.717) is 12.5 Å². The van der Waals surface area contributed by atoms with Crippen LogP contribution < -0.4 is 9.80 Å². The number of aryl methyl sites for hydroxylation is 1. The number of morpholine rings is 1. The third-order valence-corrected chi connectivity index (χ3v) is 5.91. The molecule has 8 heteroatoms. The number of likely N-dealkylation sites (tertiary alicyclic amines) is 1. The van der Waals surface area contributed by atoms with Crippen LogP contribution in [0.25, 0.3) is 0 Å². The largest absolute Gasteiger partial charge is 0.378 e. The number of nitrogens with zero attached hydrogens (tertiary/aromatic N) is 6. The maximum absolute atomic E-state index is 12.5. The van der Waals surface area contributed by atoms with Crippen molar-refractivity contribution in [2.75, 3.05) is 81.9 Å². The third kappa shape index (κ3) is 4.72. The second-order valence-corrected chi connectivity index (χ2v) is 7.94. The fourth-order valence-corrected chi connectivity index (χ4v) is 4.22. The fraction of sp³-hybridized carbons (Fsp3) is 0.750. The summed E-state index contributed by atoms with van der Waals surface area (Å²) in [5.74, 6) is 3.09. The lowest BCUT2D eigenvalue weighted by Gasteiger charge is -2.37. The summed E-state index contributed by atoms with van der Waals surface area (Å²) in [6.07, 6.45) is 3.56. The number of aromatic nitrogens is 2. The molecular formula is C20H32N6O2. The monoisotopic (exact) mass is 388 g/mol. The van der Waals surface area contributed by atoms with Crippen molar-refractivity contribution in [1.29, 1.82) is 0 Å². The molecular weight excluding hydrogens is 356 g/mol. The molecule has 1 aromatic heterocycles. The number of carbonyl (C=O) groups is 1. The predicted octanol–water partition coefficient (Wildman–Crippen LogP) is 0.756. The molecule has 0 radical (unpaired) electrons. The summed E-state index contributed by atoms with van der Waals surface area (Å²) in [5.41, 5.74) is 0. The highest BCUT2D eigenvalue weighted by molar-refractivity contribution is 5.78. The highest BCUT2D eigenvalue weighted by atomic mass is 16.5. The van der Waals surface area contributed by atoms with Gasteiger partial charge in [-0.2, -0.15) is 0 Å². The first-order chi connectivity index (χ1) is 13.7. The number of anilines is 2. The molecule has 0 spiro atoms. The van der Waals surface area contributed by atoms with E-state index in [2.05, 4.69) is 30.7 Å². The van der Waals surface area contributed by atoms with Crippen LogP contribution in [-0.4, -0.2) is 97.8 Å². The van der Waals surface area contributed by atoms with Crippen LogP contribution in [0.3, 0.4) is 0 Å². The van der Waals surface area contributed by atoms with Gasteiger partial charge in [0.25, 0.3) is 0 Å². The predicted molar refractivity (Wildman–Crippen MR) is 109 cm³/mol. The molecule has 3 aliphatic rings. The minimum atomic E-state index is 0.292. The van der Waals surface area contributed by atoms with Gasteiger partial charge in [-0.15, -0.1) is 0 Å². The van der Waals surface area contributed by atoms with E-state index in [1.165, 1.54) is 6.42 Å². The first-order valence-corrected chi connectivity index (χ1v) is 10.6. The van der Waals surface area contributed by atoms with Crippen LogP contribution in [0.4, 0.5) is 11.6 Å². The third-order valence-electron chi connectivity index (χ3n) is 5.91. The fourth-order valence-electron chi connectivity index (χ4n) is 4.22. The Morgan fingerprint density at radius 1 is 0.893 bits per heavy atom. The lowest BCUT2D eigenvalue weighted by Crippen LogP contribution is -2.51. The van der Waals surface area contributed by atoms with Crippen molar-refractivity contribution in [1.82, 2.24) is 19.8 Å². The zero-order chi connectivity index (χ0) is 19.3. The Bertz CT molecular complexity index is 665. The number of ether oxygens (including phenoxy) is 1. The van der Waals surface area contributed by atoms with Gasteiger partial charge in [0.05, 0.1) is 19.8 Å². The maximum atomic E-state index is 12.5. The number of rotatable bonds is 4. The minimum Gasteiger partial charge on any atom is -0.378 e. The summed E-state index contributed by atoms with van der Waals surface area (Å²) in [6, 6.07) is 2.10. The van der Waals surface area contributed by atoms with E-state index < -0.39 is 0 Å². The molecule has 8 nitrogen and oxygen atoms in total. The van der Waals surface area contributed by atoms with Crippen LogP contribution in [0.5, 0.6) is 0 Å². The molecule has 0 aromatic carbocycles. The standard InChI is InChI=1S/C20H32N6O2/c1-17-21-18(15-19(22-17)25-11-13-28-14-12-25)24-9-7-23(8-10-24)16-20(27)26-5-3-2-4-6-26/h15H,2-14,16H2,1H3. The molecule has 4 rings (SSSR count). The quantitative estimate of drug-likeness (QED) is 0.754. The van der Waals surface area contributed by atoms with Crippen LogP contribution in [-0.2, 0) is 9.53 Å². The summed E-state index contributed by atoms with van der Waals surface area (Å²) in [5, 5.41) is 0. The van der Waals surface area contributed by atoms with Crippen molar-refractivity contribution in [2.45, 2.75) is 26.2 Å². The van der Waals surface area contributed by atoms with Gasteiger partial charge < -0.3 is 19.4 Å². The minimum absolute atomic E-state index is 0.292. The van der Waals surface area contributed by atoms with Gasteiger partial charge in [-0.25, -0.2) is 9.97 Å². The Kier molecular flexibility index (Phi) is 6.26. The van der Waals surface area contributed by atoms with E-state index in [1.54, 1.807) is 0 Å². The summed E-state index contributed by atoms with van der Waals surface area (Å²) >= 11 is 0. The van der Waals surface area contributed by atoms with Crippen LogP contribution >= 0.6 is 0 Å². The van der Waals surface area contributed by atoms with Gasteiger partial charge in [-0.3, -0.25) is 9.69 Å². The van der Waals surface area contributed by atoms with Crippen molar-refractivity contribution in [3.63, 3.8) is 0 Å². The van der Waals surface area contributed by atoms with E-state index in [0.717, 1.165) is 95.9 Å². The first-order valence-electron chi connectivity index (χ1n) is 10.6. The van der Waals surface area contributed by atoms with Crippen molar-refractivity contribution >= 4 is 17.5 Å². The molecule has 1 aromatic rings. The van der Waals surface area contributed by atoms with Crippen molar-refractivity contribution in [3.8, 4) is 0 Å². The highest BCUT2D eigenvalue weighted by Gasteiger charge is 2.24. The summed E-state index contributed by atoms with van der Waals surface area (Å²) in [4.78, 5) is 30.7. The molecule has 0 N–H and O–H groups in total. The molecule has 4 heterocycles. The van der Waals surface area contributed by atoms with Crippen LogP contribution in [0.2, 0.25) is 0 Å². The van der Waals surface area contributed by atoms with E-state index in [1.807, 2.05) is 11.8 Å². The first kappa shape index (κ1) is 19.4. The maximum Gasteiger partial charge on any atom is 0.236 e. The van der Waals surface area contributed by atoms with Gasteiger partial charge in [-0.1, -0.05) is 0 Å². The number of hydrogen-bond acceptors (Lipinski definition) is 7. The smallest absolute Gasteiger partial charge is 0.236 e. The Morgan fingerprint density at radius 2 is 1.50 bits per heavy atom. The molecule has 154 valence electrons. The van der Waals surface area contributed by atoms with E-state index in [4.69, 9.17) is 4.74 Å². The molecule has 1 amide bonds. The number of piperidine rings is 1. The van der Waals surface area contributed by atoms with Crippen molar-refractivity contribution in [2.24, 2.45) is 0 Å². The Labute approximate surface area is 167 Å². The molecule has 3 aliphatic heterocycles. The van der Waals surface area contributed by atoms with Gasteiger partial charge in [-0.05, 0) is 26.2 Å². The molecule has 0 atom stereocenters. The SMILES string of the molecule is Cc1nc(N2CCOCC2)cc(N2CCN(CC(=O)N3CCCCC3)CC2)n1. The lowest BCUT2D eigenvalue weighted by molar-refractivity contribution is -0.133. The Hall–Kier alpha value is -1.93. The zero-order valence-corrected chi connectivity index (χ0v) is 17.0. The second-order valence-electron chi connectivity index (χ2n) is 7.94. The molecule has 0 aliphatic carbocycles. The number of amides is 1. The van der Waals surface area contributed by atoms with Gasteiger partial charge in [0.2, 0.25) is 5.91 Å². The number of piperazine rings is 1. The van der Waals surface area contributed by atoms with Gasteiger partial charge in [0, 0.05) is 58.4 Å². The molecule has 0 saturated carbocycles. The summed E-state index contributed by atoms with van der Waals surface area (Å²) < 4.78 is 5.45. The van der Waals surface area contributed by atoms with Gasteiger partial charge in [0.1, 0.15) is 17.5 Å². The summed E-state index contributed by atoms with van der Waals surface area (Å²) in [7, 11) is 0. The molecule has 0 bridgehead atoms. The zero-order valence-electron chi connectivity index (χ0n) is 17.0. The van der Waals surface area contributed by atoms with Crippen molar-refractivity contribution in [3.05, 3.63) is 11.9 Å². The van der Waals surface area contributed by atoms with Crippen molar-refractivity contribution < 1.29 is 9.53 Å². The molecule has 3 saturated heterocycles.